The summed E-state index contributed by atoms with van der Waals surface area (Å²) >= 11 is 0. The predicted molar refractivity (Wildman–Crippen MR) is 183 cm³/mol. The lowest BCUT2D eigenvalue weighted by molar-refractivity contribution is -0.146. The fourth-order valence-electron chi connectivity index (χ4n) is 6.08. The molecule has 18 heteroatoms. The molecular weight excluding hydrogens is 673 g/mol. The van der Waals surface area contributed by atoms with Crippen molar-refractivity contribution in [1.29, 1.82) is 0 Å². The number of nitrogens with one attached hydrogen (secondary N) is 2. The van der Waals surface area contributed by atoms with Crippen LogP contribution in [0.5, 0.6) is 0 Å². The quantitative estimate of drug-likeness (QED) is 0.136. The van der Waals surface area contributed by atoms with Crippen molar-refractivity contribution in [2.24, 2.45) is 11.8 Å². The van der Waals surface area contributed by atoms with Gasteiger partial charge in [-0.05, 0) is 52.4 Å². The summed E-state index contributed by atoms with van der Waals surface area (Å²) in [5.74, 6) is -0.167. The number of aryl methyl sites for hydroxylation is 1. The highest BCUT2D eigenvalue weighted by atomic mass is 31.2. The molecule has 2 aliphatic heterocycles. The Kier molecular flexibility index (Phi) is 13.7. The number of aromatic nitrogens is 4. The fourth-order valence-corrected chi connectivity index (χ4v) is 7.91. The van der Waals surface area contributed by atoms with Gasteiger partial charge in [0.25, 0.3) is 0 Å². The second kappa shape index (κ2) is 17.2. The van der Waals surface area contributed by atoms with Crippen LogP contribution in [0.25, 0.3) is 11.2 Å². The van der Waals surface area contributed by atoms with E-state index < -0.39 is 62.3 Å². The van der Waals surface area contributed by atoms with E-state index in [9.17, 15) is 24.4 Å². The molecule has 2 fully saturated rings. The third-order valence-electron chi connectivity index (χ3n) is 8.46. The van der Waals surface area contributed by atoms with Gasteiger partial charge in [0.05, 0.1) is 39.4 Å². The molecule has 6 atom stereocenters. The average molecular weight is 728 g/mol. The minimum absolute atomic E-state index is 0.000992. The van der Waals surface area contributed by atoms with Crippen molar-refractivity contribution in [1.82, 2.24) is 29.7 Å². The number of esters is 2. The van der Waals surface area contributed by atoms with Crippen molar-refractivity contribution in [3.63, 3.8) is 0 Å². The van der Waals surface area contributed by atoms with E-state index in [1.54, 1.807) is 20.8 Å². The second-order valence-electron chi connectivity index (χ2n) is 13.7. The summed E-state index contributed by atoms with van der Waals surface area (Å²) in [7, 11) is -4.30. The van der Waals surface area contributed by atoms with Crippen LogP contribution in [-0.2, 0) is 37.6 Å². The topological polar surface area (TPSA) is 209 Å². The third-order valence-corrected chi connectivity index (χ3v) is 10.3. The van der Waals surface area contributed by atoms with E-state index in [1.165, 1.54) is 17.8 Å². The third kappa shape index (κ3) is 9.56. The molecule has 2 aliphatic rings. The first-order valence-electron chi connectivity index (χ1n) is 17.3. The molecule has 282 valence electrons. The number of fused-ring (bicyclic) bond motifs is 1. The molecule has 50 heavy (non-hydrogen) atoms. The van der Waals surface area contributed by atoms with E-state index >= 15 is 0 Å². The highest BCUT2D eigenvalue weighted by Crippen LogP contribution is 2.45. The maximum absolute atomic E-state index is 14.6. The Hall–Kier alpha value is -2.76. The molecule has 2 aromatic rings. The molecular formula is C32H54N7O10P. The summed E-state index contributed by atoms with van der Waals surface area (Å²) in [5.41, 5.74) is -0.987. The summed E-state index contributed by atoms with van der Waals surface area (Å²) in [6.45, 7) is 16.1. The largest absolute Gasteiger partial charge is 0.465 e. The smallest absolute Gasteiger partial charge is 0.342 e. The molecule has 0 radical (unpaired) electrons. The van der Waals surface area contributed by atoms with Crippen LogP contribution in [0, 0.1) is 18.8 Å². The Morgan fingerprint density at radius 2 is 1.60 bits per heavy atom. The molecule has 4 heterocycles. The zero-order chi connectivity index (χ0) is 36.8. The first-order chi connectivity index (χ1) is 23.6. The van der Waals surface area contributed by atoms with Crippen LogP contribution >= 0.6 is 7.67 Å². The first-order valence-corrected chi connectivity index (χ1v) is 19.0. The maximum atomic E-state index is 14.6. The lowest BCUT2D eigenvalue weighted by atomic mass is 9.96. The number of hydrogen-bond acceptors (Lipinski definition) is 14. The van der Waals surface area contributed by atoms with Crippen LogP contribution in [0.15, 0.2) is 6.33 Å². The maximum Gasteiger partial charge on any atom is 0.342 e. The molecule has 17 nitrogen and oxygen atoms in total. The molecule has 2 aromatic heterocycles. The van der Waals surface area contributed by atoms with Gasteiger partial charge in [0.1, 0.15) is 35.7 Å². The molecule has 0 bridgehead atoms. The number of carbonyl (C=O) groups is 2. The normalized spacial score (nSPS) is 24.2. The van der Waals surface area contributed by atoms with E-state index in [2.05, 4.69) is 30.0 Å². The summed E-state index contributed by atoms with van der Waals surface area (Å²) in [4.78, 5) is 41.8. The lowest BCUT2D eigenvalue weighted by Gasteiger charge is -2.30. The van der Waals surface area contributed by atoms with Crippen LogP contribution in [0.2, 0.25) is 0 Å². The van der Waals surface area contributed by atoms with Crippen molar-refractivity contribution in [3.05, 3.63) is 12.2 Å². The molecule has 0 saturated carbocycles. The van der Waals surface area contributed by atoms with E-state index in [0.717, 1.165) is 0 Å². The summed E-state index contributed by atoms with van der Waals surface area (Å²) in [5, 5.41) is 28.6. The average Bonchev–Trinajstić information content (AvgIpc) is 3.56. The van der Waals surface area contributed by atoms with Crippen LogP contribution in [0.4, 0.5) is 5.82 Å². The highest BCUT2D eigenvalue weighted by Gasteiger charge is 2.54. The summed E-state index contributed by atoms with van der Waals surface area (Å²) in [6.07, 6.45) is -1.93. The lowest BCUT2D eigenvalue weighted by Crippen LogP contribution is -2.47. The van der Waals surface area contributed by atoms with E-state index in [4.69, 9.17) is 23.5 Å². The Morgan fingerprint density at radius 3 is 2.12 bits per heavy atom. The molecule has 0 aromatic carbocycles. The minimum Gasteiger partial charge on any atom is -0.465 e. The molecule has 0 aliphatic carbocycles. The van der Waals surface area contributed by atoms with Gasteiger partial charge in [-0.15, -0.1) is 0 Å². The predicted octanol–water partition coefficient (Wildman–Crippen LogP) is 2.24. The zero-order valence-corrected chi connectivity index (χ0v) is 31.2. The van der Waals surface area contributed by atoms with Gasteiger partial charge in [0, 0.05) is 13.1 Å². The molecule has 1 unspecified atom stereocenters. The number of carbonyl (C=O) groups excluding carboxylic acids is 2. The number of aliphatic hydroxyl groups excluding tert-OH is 1. The van der Waals surface area contributed by atoms with Crippen molar-refractivity contribution < 1.29 is 47.8 Å². The summed E-state index contributed by atoms with van der Waals surface area (Å²) in [6, 6.07) is -2.11. The van der Waals surface area contributed by atoms with Crippen molar-refractivity contribution in [2.45, 2.75) is 104 Å². The number of ether oxygens (including phenoxy) is 4. The molecule has 0 amide bonds. The second-order valence-corrected chi connectivity index (χ2v) is 15.6. The van der Waals surface area contributed by atoms with E-state index in [-0.39, 0.29) is 37.9 Å². The van der Waals surface area contributed by atoms with Crippen molar-refractivity contribution in [3.8, 4) is 0 Å². The molecule has 0 spiro atoms. The monoisotopic (exact) mass is 727 g/mol. The Balaban J connectivity index is 1.63. The zero-order valence-electron chi connectivity index (χ0n) is 30.3. The van der Waals surface area contributed by atoms with Gasteiger partial charge in [-0.3, -0.25) is 18.7 Å². The molecule has 4 N–H and O–H groups in total. The van der Waals surface area contributed by atoms with Gasteiger partial charge < -0.3 is 38.6 Å². The number of aliphatic hydroxyl groups is 2. The number of imidazole rings is 1. The fraction of sp³-hybridized carbons (Fsp3) is 0.781. The number of nitrogens with zero attached hydrogens (tertiary/aromatic N) is 5. The van der Waals surface area contributed by atoms with Gasteiger partial charge in [-0.1, -0.05) is 27.7 Å². The van der Waals surface area contributed by atoms with Gasteiger partial charge in [-0.2, -0.15) is 0 Å². The van der Waals surface area contributed by atoms with Gasteiger partial charge in [0.2, 0.25) is 0 Å². The number of hydrogen-bond donors (Lipinski definition) is 4. The van der Waals surface area contributed by atoms with Crippen LogP contribution in [0.1, 0.15) is 73.4 Å². The van der Waals surface area contributed by atoms with E-state index in [0.29, 0.717) is 49.1 Å². The van der Waals surface area contributed by atoms with Crippen LogP contribution < -0.4 is 15.1 Å². The van der Waals surface area contributed by atoms with Crippen molar-refractivity contribution >= 4 is 36.6 Å². The Bertz CT molecular complexity index is 1460. The van der Waals surface area contributed by atoms with Crippen molar-refractivity contribution in [2.75, 3.05) is 51.0 Å². The Morgan fingerprint density at radius 1 is 1.04 bits per heavy atom. The van der Waals surface area contributed by atoms with E-state index in [1.807, 2.05) is 27.7 Å². The first kappa shape index (κ1) is 40.0. The SMILES string of the molecule is CCOC(=O)[C@H](CC(C)C)NP(=O)(N[C@@H](CC(C)C)C(=O)OCC)OC[C@H]1O[C@@H](n2cnc3c(N4CCOCC4)nc(C)nc32)C(C)(O)[C@H]1O. The standard InChI is InChI=1S/C32H54N7O10P/c1-9-46-29(41)22(15-19(3)4)36-50(44,37-23(16-20(5)6)30(42)47-10-2)48-17-24-26(40)32(8,43)31(49-24)39-18-33-25-27(34-21(7)35-28(25)39)38-11-13-45-14-12-38/h18-20,22-24,26,31,40,43H,9-17H2,1-8H3,(H2,36,37,44)/t22-,23-,24+,26-,31+,32?/m0/s1. The molecule has 2 saturated heterocycles. The van der Waals surface area contributed by atoms with Crippen LogP contribution in [0.3, 0.4) is 0 Å². The number of anilines is 1. The van der Waals surface area contributed by atoms with Crippen LogP contribution in [-0.4, -0.2) is 118 Å². The van der Waals surface area contributed by atoms with Gasteiger partial charge in [0.15, 0.2) is 23.2 Å². The number of morpholine rings is 1. The number of rotatable bonds is 17. The molecule has 4 rings (SSSR count). The van der Waals surface area contributed by atoms with Gasteiger partial charge in [-0.25, -0.2) is 25.1 Å². The highest BCUT2D eigenvalue weighted by molar-refractivity contribution is 7.54. The minimum atomic E-state index is -4.30. The Labute approximate surface area is 293 Å². The summed E-state index contributed by atoms with van der Waals surface area (Å²) < 4.78 is 44.4. The van der Waals surface area contributed by atoms with Gasteiger partial charge >= 0.3 is 19.6 Å².